The van der Waals surface area contributed by atoms with Gasteiger partial charge in [0.2, 0.25) is 0 Å². The number of carboxylic acid groups (broad SMARTS) is 1. The number of ether oxygens (including phenoxy) is 1. The van der Waals surface area contributed by atoms with E-state index in [2.05, 4.69) is 10.3 Å². The predicted molar refractivity (Wildman–Crippen MR) is 139 cm³/mol. The zero-order chi connectivity index (χ0) is 23.1. The lowest BCUT2D eigenvalue weighted by atomic mass is 10.0. The van der Waals surface area contributed by atoms with Gasteiger partial charge in [0.15, 0.2) is 0 Å². The highest BCUT2D eigenvalue weighted by atomic mass is 35.5. The number of aromatic nitrogens is 1. The van der Waals surface area contributed by atoms with Crippen LogP contribution in [-0.4, -0.2) is 40.4 Å². The van der Waals surface area contributed by atoms with Gasteiger partial charge in [-0.2, -0.15) is 0 Å². The minimum Gasteiger partial charge on any atom is -0.490 e. The van der Waals surface area contributed by atoms with Crippen molar-refractivity contribution in [3.05, 3.63) is 77.5 Å². The number of carboxylic acids is 1. The molecule has 184 valence electrons. The summed E-state index contributed by atoms with van der Waals surface area (Å²) < 4.78 is 5.70. The van der Waals surface area contributed by atoms with Gasteiger partial charge in [-0.25, -0.2) is 9.78 Å². The van der Waals surface area contributed by atoms with Crippen molar-refractivity contribution >= 4 is 36.6 Å². The molecule has 1 atom stereocenters. The van der Waals surface area contributed by atoms with E-state index in [1.54, 1.807) is 36.5 Å². The maximum atomic E-state index is 11.4. The molecule has 2 aromatic carbocycles. The van der Waals surface area contributed by atoms with Gasteiger partial charge in [-0.05, 0) is 61.7 Å². The molecule has 0 unspecified atom stereocenters. The van der Waals surface area contributed by atoms with Crippen molar-refractivity contribution in [2.45, 2.75) is 32.5 Å². The lowest BCUT2D eigenvalue weighted by Gasteiger charge is -2.14. The molecule has 1 aromatic heterocycles. The summed E-state index contributed by atoms with van der Waals surface area (Å²) in [5.74, 6) is -0.209. The van der Waals surface area contributed by atoms with Gasteiger partial charge in [0.25, 0.3) is 0 Å². The highest BCUT2D eigenvalue weighted by Gasteiger charge is 2.14. The molecule has 34 heavy (non-hydrogen) atoms. The SMILES string of the molecule is CC(C)Oc1cc(-c2ccc(CCNC[C@@H](O)c3ccc(N)nc3)cc2)ccc1C(=O)O.Cl.Cl. The highest BCUT2D eigenvalue weighted by molar-refractivity contribution is 5.92. The summed E-state index contributed by atoms with van der Waals surface area (Å²) in [6, 6.07) is 16.7. The third-order valence-electron chi connectivity index (χ3n) is 4.98. The molecule has 0 aliphatic rings. The average Bonchev–Trinajstić information content (AvgIpc) is 2.77. The van der Waals surface area contributed by atoms with Gasteiger partial charge < -0.3 is 26.0 Å². The van der Waals surface area contributed by atoms with Crippen LogP contribution in [0.4, 0.5) is 5.82 Å². The Labute approximate surface area is 212 Å². The number of aromatic carboxylic acids is 1. The minimum atomic E-state index is -1.01. The number of nitrogens with zero attached hydrogens (tertiary/aromatic N) is 1. The fourth-order valence-corrected chi connectivity index (χ4v) is 3.30. The molecule has 0 saturated carbocycles. The Morgan fingerprint density at radius 2 is 1.74 bits per heavy atom. The van der Waals surface area contributed by atoms with E-state index in [-0.39, 0.29) is 36.5 Å². The normalized spacial score (nSPS) is 11.3. The first-order chi connectivity index (χ1) is 15.3. The van der Waals surface area contributed by atoms with Crippen molar-refractivity contribution in [1.29, 1.82) is 0 Å². The predicted octanol–water partition coefficient (Wildman–Crippen LogP) is 4.53. The number of aliphatic hydroxyl groups excluding tert-OH is 1. The molecule has 0 saturated heterocycles. The maximum Gasteiger partial charge on any atom is 0.339 e. The number of hydrogen-bond acceptors (Lipinski definition) is 6. The summed E-state index contributed by atoms with van der Waals surface area (Å²) in [7, 11) is 0. The van der Waals surface area contributed by atoms with Crippen molar-refractivity contribution < 1.29 is 19.7 Å². The second kappa shape index (κ2) is 13.8. The van der Waals surface area contributed by atoms with Crippen molar-refractivity contribution in [3.63, 3.8) is 0 Å². The Balaban J connectivity index is 0.00000289. The van der Waals surface area contributed by atoms with E-state index in [0.29, 0.717) is 18.1 Å². The van der Waals surface area contributed by atoms with Crippen molar-refractivity contribution in [2.75, 3.05) is 18.8 Å². The lowest BCUT2D eigenvalue weighted by Crippen LogP contribution is -2.23. The van der Waals surface area contributed by atoms with Crippen LogP contribution in [0.5, 0.6) is 5.75 Å². The third-order valence-corrected chi connectivity index (χ3v) is 4.98. The molecule has 9 heteroatoms. The van der Waals surface area contributed by atoms with Crippen LogP contribution in [0.3, 0.4) is 0 Å². The first-order valence-corrected chi connectivity index (χ1v) is 10.6. The number of hydrogen-bond donors (Lipinski definition) is 4. The summed E-state index contributed by atoms with van der Waals surface area (Å²) in [4.78, 5) is 15.4. The van der Waals surface area contributed by atoms with Gasteiger partial charge in [-0.3, -0.25) is 0 Å². The molecular formula is C25H31Cl2N3O4. The van der Waals surface area contributed by atoms with Crippen LogP contribution in [0.1, 0.15) is 41.4 Å². The average molecular weight is 508 g/mol. The number of pyridine rings is 1. The van der Waals surface area contributed by atoms with Crippen LogP contribution >= 0.6 is 24.8 Å². The van der Waals surface area contributed by atoms with Gasteiger partial charge in [0, 0.05) is 18.3 Å². The Morgan fingerprint density at radius 1 is 1.06 bits per heavy atom. The van der Waals surface area contributed by atoms with E-state index in [1.165, 1.54) is 0 Å². The molecule has 0 radical (unpaired) electrons. The van der Waals surface area contributed by atoms with Crippen LogP contribution in [-0.2, 0) is 6.42 Å². The van der Waals surface area contributed by atoms with Gasteiger partial charge in [0.1, 0.15) is 17.1 Å². The van der Waals surface area contributed by atoms with E-state index in [1.807, 2.05) is 38.1 Å². The number of benzene rings is 2. The van der Waals surface area contributed by atoms with E-state index >= 15 is 0 Å². The molecular weight excluding hydrogens is 477 g/mol. The molecule has 0 aliphatic heterocycles. The number of aliphatic hydroxyl groups is 1. The second-order valence-electron chi connectivity index (χ2n) is 7.87. The summed E-state index contributed by atoms with van der Waals surface area (Å²) in [5, 5.41) is 22.8. The topological polar surface area (TPSA) is 118 Å². The summed E-state index contributed by atoms with van der Waals surface area (Å²) in [6.45, 7) is 4.89. The van der Waals surface area contributed by atoms with Crippen molar-refractivity contribution in [2.24, 2.45) is 0 Å². The van der Waals surface area contributed by atoms with E-state index in [4.69, 9.17) is 10.5 Å². The number of nitrogens with one attached hydrogen (secondary N) is 1. The number of carbonyl (C=O) groups is 1. The van der Waals surface area contributed by atoms with Crippen LogP contribution in [0.2, 0.25) is 0 Å². The minimum absolute atomic E-state index is 0. The van der Waals surface area contributed by atoms with Crippen LogP contribution in [0.15, 0.2) is 60.8 Å². The Bertz CT molecular complexity index is 1050. The number of nitrogen functional groups attached to an aromatic ring is 1. The van der Waals surface area contributed by atoms with Gasteiger partial charge in [-0.15, -0.1) is 24.8 Å². The van der Waals surface area contributed by atoms with E-state index in [9.17, 15) is 15.0 Å². The quantitative estimate of drug-likeness (QED) is 0.297. The van der Waals surface area contributed by atoms with Gasteiger partial charge >= 0.3 is 5.97 Å². The van der Waals surface area contributed by atoms with E-state index in [0.717, 1.165) is 35.2 Å². The standard InChI is InChI=1S/C25H29N3O4.2ClH/c1-16(2)32-23-13-19(7-9-21(23)25(30)31)18-5-3-17(4-6-18)11-12-27-15-22(29)20-8-10-24(26)28-14-20;;/h3-10,13-14,16,22,27,29H,11-12,15H2,1-2H3,(H2,26,28)(H,30,31);2*1H/t22-;;/m1../s1. The van der Waals surface area contributed by atoms with Gasteiger partial charge in [0.05, 0.1) is 12.2 Å². The van der Waals surface area contributed by atoms with Crippen LogP contribution in [0, 0.1) is 0 Å². The third kappa shape index (κ3) is 8.18. The number of halogens is 2. The maximum absolute atomic E-state index is 11.4. The molecule has 5 N–H and O–H groups in total. The first kappa shape index (κ1) is 29.2. The van der Waals surface area contributed by atoms with Crippen molar-refractivity contribution in [3.8, 4) is 16.9 Å². The Hall–Kier alpha value is -2.84. The number of nitrogens with two attached hydrogens (primary N) is 1. The molecule has 0 bridgehead atoms. The zero-order valence-corrected chi connectivity index (χ0v) is 20.7. The number of rotatable bonds is 10. The van der Waals surface area contributed by atoms with Crippen molar-refractivity contribution in [1.82, 2.24) is 10.3 Å². The molecule has 0 fully saturated rings. The largest absolute Gasteiger partial charge is 0.490 e. The summed E-state index contributed by atoms with van der Waals surface area (Å²) >= 11 is 0. The summed E-state index contributed by atoms with van der Waals surface area (Å²) in [6.07, 6.45) is 1.64. The zero-order valence-electron chi connectivity index (χ0n) is 19.1. The first-order valence-electron chi connectivity index (χ1n) is 10.6. The molecule has 1 heterocycles. The Kier molecular flexibility index (Phi) is 11.8. The fourth-order valence-electron chi connectivity index (χ4n) is 3.30. The highest BCUT2D eigenvalue weighted by Crippen LogP contribution is 2.28. The molecule has 0 spiro atoms. The second-order valence-corrected chi connectivity index (χ2v) is 7.87. The smallest absolute Gasteiger partial charge is 0.339 e. The molecule has 0 aliphatic carbocycles. The fraction of sp³-hybridized carbons (Fsp3) is 0.280. The van der Waals surface area contributed by atoms with Crippen LogP contribution < -0.4 is 15.8 Å². The molecule has 0 amide bonds. The van der Waals surface area contributed by atoms with Gasteiger partial charge in [-0.1, -0.05) is 36.4 Å². The Morgan fingerprint density at radius 3 is 2.32 bits per heavy atom. The number of anilines is 1. The molecule has 3 aromatic rings. The van der Waals surface area contributed by atoms with E-state index < -0.39 is 12.1 Å². The molecule has 3 rings (SSSR count). The lowest BCUT2D eigenvalue weighted by molar-refractivity contribution is 0.0690. The van der Waals surface area contributed by atoms with Crippen LogP contribution in [0.25, 0.3) is 11.1 Å². The molecule has 7 nitrogen and oxygen atoms in total. The monoisotopic (exact) mass is 507 g/mol. The summed E-state index contributed by atoms with van der Waals surface area (Å²) in [5.41, 5.74) is 9.49.